The highest BCUT2D eigenvalue weighted by molar-refractivity contribution is 6.31. The summed E-state index contributed by atoms with van der Waals surface area (Å²) in [5.74, 6) is 0.956. The van der Waals surface area contributed by atoms with Crippen LogP contribution in [-0.4, -0.2) is 33.9 Å². The van der Waals surface area contributed by atoms with Crippen molar-refractivity contribution in [2.24, 2.45) is 0 Å². The van der Waals surface area contributed by atoms with Crippen molar-refractivity contribution in [3.63, 3.8) is 0 Å². The molecule has 1 N–H and O–H groups in total. The molecule has 3 aromatic rings. The smallest absolute Gasteiger partial charge is 0.342 e. The molecule has 4 rings (SSSR count). The average Bonchev–Trinajstić information content (AvgIpc) is 3.16. The molecule has 1 fully saturated rings. The van der Waals surface area contributed by atoms with Crippen LogP contribution < -0.4 is 0 Å². The molecule has 4 nitrogen and oxygen atoms in total. The van der Waals surface area contributed by atoms with E-state index in [1.54, 1.807) is 4.90 Å². The summed E-state index contributed by atoms with van der Waals surface area (Å²) in [5, 5.41) is -0.362. The van der Waals surface area contributed by atoms with Crippen molar-refractivity contribution < 1.29 is 18.0 Å². The number of nitrogens with zero attached hydrogens (tertiary/aromatic N) is 2. The molecule has 0 radical (unpaired) electrons. The van der Waals surface area contributed by atoms with Gasteiger partial charge in [-0.25, -0.2) is 4.98 Å². The van der Waals surface area contributed by atoms with E-state index in [1.165, 1.54) is 24.3 Å². The van der Waals surface area contributed by atoms with Gasteiger partial charge >= 0.3 is 6.18 Å². The lowest BCUT2D eigenvalue weighted by Gasteiger charge is -2.30. The minimum atomic E-state index is -4.54. The van der Waals surface area contributed by atoms with Gasteiger partial charge in [-0.15, -0.1) is 0 Å². The van der Waals surface area contributed by atoms with Crippen LogP contribution in [0.2, 0.25) is 5.02 Å². The van der Waals surface area contributed by atoms with Gasteiger partial charge in [0, 0.05) is 25.1 Å². The van der Waals surface area contributed by atoms with E-state index in [-0.39, 0.29) is 22.4 Å². The number of H-pyrrole nitrogens is 1. The zero-order valence-corrected chi connectivity index (χ0v) is 16.7. The monoisotopic (exact) mass is 433 g/mol. The van der Waals surface area contributed by atoms with E-state index in [0.29, 0.717) is 13.1 Å². The Morgan fingerprint density at radius 1 is 1.17 bits per heavy atom. The van der Waals surface area contributed by atoms with E-state index in [9.17, 15) is 18.0 Å². The number of likely N-dealkylation sites (tertiary alicyclic amines) is 1. The largest absolute Gasteiger partial charge is 0.417 e. The number of para-hydroxylation sites is 2. The van der Waals surface area contributed by atoms with E-state index < -0.39 is 11.7 Å². The van der Waals surface area contributed by atoms with Crippen LogP contribution in [0.4, 0.5) is 13.2 Å². The molecular formula is C22H19ClF3N3O. The molecule has 8 heteroatoms. The van der Waals surface area contributed by atoms with Gasteiger partial charge in [0.25, 0.3) is 0 Å². The number of alkyl halides is 3. The average molecular weight is 434 g/mol. The maximum atomic E-state index is 13.0. The second-order valence-electron chi connectivity index (χ2n) is 7.31. The number of hydrogen-bond donors (Lipinski definition) is 1. The topological polar surface area (TPSA) is 49.0 Å². The minimum absolute atomic E-state index is 0.221. The summed E-state index contributed by atoms with van der Waals surface area (Å²) >= 11 is 5.63. The Morgan fingerprint density at radius 3 is 2.60 bits per heavy atom. The Bertz CT molecular complexity index is 1070. The van der Waals surface area contributed by atoms with E-state index in [4.69, 9.17) is 11.6 Å². The summed E-state index contributed by atoms with van der Waals surface area (Å²) in [7, 11) is 0. The number of aromatic nitrogens is 2. The lowest BCUT2D eigenvalue weighted by Crippen LogP contribution is -2.37. The van der Waals surface area contributed by atoms with E-state index in [2.05, 4.69) is 9.97 Å². The van der Waals surface area contributed by atoms with Gasteiger partial charge in [-0.2, -0.15) is 13.2 Å². The first kappa shape index (κ1) is 20.5. The van der Waals surface area contributed by atoms with Gasteiger partial charge in [0.1, 0.15) is 5.82 Å². The highest BCUT2D eigenvalue weighted by Gasteiger charge is 2.33. The standard InChI is InChI=1S/C22H19ClF3N3O/c23-17-7-5-14(13-16(17)22(24,25)26)6-8-20(30)29-11-9-15(10-12-29)21-27-18-3-1-2-4-19(18)28-21/h1-8,13,15H,9-12H2,(H,27,28). The predicted molar refractivity (Wildman–Crippen MR) is 110 cm³/mol. The Morgan fingerprint density at radius 2 is 1.90 bits per heavy atom. The summed E-state index contributed by atoms with van der Waals surface area (Å²) in [6.45, 7) is 1.14. The van der Waals surface area contributed by atoms with Crippen molar-refractivity contribution in [1.29, 1.82) is 0 Å². The number of rotatable bonds is 3. The fourth-order valence-corrected chi connectivity index (χ4v) is 3.90. The summed E-state index contributed by atoms with van der Waals surface area (Å²) in [4.78, 5) is 22.2. The fourth-order valence-electron chi connectivity index (χ4n) is 3.68. The molecule has 156 valence electrons. The Balaban J connectivity index is 1.38. The van der Waals surface area contributed by atoms with Gasteiger partial charge in [-0.05, 0) is 48.7 Å². The molecular weight excluding hydrogens is 415 g/mol. The van der Waals surface area contributed by atoms with Gasteiger partial charge in [-0.3, -0.25) is 4.79 Å². The summed E-state index contributed by atoms with van der Waals surface area (Å²) in [6.07, 6.45) is -0.287. The van der Waals surface area contributed by atoms with Gasteiger partial charge < -0.3 is 9.88 Å². The highest BCUT2D eigenvalue weighted by Crippen LogP contribution is 2.35. The zero-order valence-electron chi connectivity index (χ0n) is 15.9. The van der Waals surface area contributed by atoms with Crippen LogP contribution in [0.15, 0.2) is 48.5 Å². The number of piperidine rings is 1. The zero-order chi connectivity index (χ0) is 21.3. The highest BCUT2D eigenvalue weighted by atomic mass is 35.5. The molecule has 2 heterocycles. The number of fused-ring (bicyclic) bond motifs is 1. The number of carbonyl (C=O) groups excluding carboxylic acids is 1. The lowest BCUT2D eigenvalue weighted by atomic mass is 9.96. The molecule has 1 aromatic heterocycles. The van der Waals surface area contributed by atoms with E-state index in [0.717, 1.165) is 35.8 Å². The maximum Gasteiger partial charge on any atom is 0.417 e. The van der Waals surface area contributed by atoms with Crippen LogP contribution >= 0.6 is 11.6 Å². The van der Waals surface area contributed by atoms with Crippen molar-refractivity contribution in [2.45, 2.75) is 24.9 Å². The minimum Gasteiger partial charge on any atom is -0.342 e. The second kappa shape index (κ2) is 8.14. The van der Waals surface area contributed by atoms with Gasteiger partial charge in [0.05, 0.1) is 21.6 Å². The van der Waals surface area contributed by atoms with Gasteiger partial charge in [-0.1, -0.05) is 29.8 Å². The molecule has 1 amide bonds. The van der Waals surface area contributed by atoms with Crippen molar-refractivity contribution in [1.82, 2.24) is 14.9 Å². The molecule has 2 aromatic carbocycles. The van der Waals surface area contributed by atoms with Crippen molar-refractivity contribution in [3.8, 4) is 0 Å². The van der Waals surface area contributed by atoms with Crippen LogP contribution in [0.5, 0.6) is 0 Å². The molecule has 1 saturated heterocycles. The predicted octanol–water partition coefficient (Wildman–Crippen LogP) is 5.65. The third-order valence-corrected chi connectivity index (χ3v) is 5.64. The molecule has 0 saturated carbocycles. The SMILES string of the molecule is O=C(C=Cc1ccc(Cl)c(C(F)(F)F)c1)N1CCC(c2nc3ccccc3[nH]2)CC1. The molecule has 0 spiro atoms. The first-order valence-electron chi connectivity index (χ1n) is 9.59. The number of nitrogens with one attached hydrogen (secondary N) is 1. The molecule has 0 unspecified atom stereocenters. The molecule has 0 bridgehead atoms. The molecule has 1 aliphatic rings. The molecule has 0 atom stereocenters. The third kappa shape index (κ3) is 4.36. The van der Waals surface area contributed by atoms with Crippen LogP contribution in [0.25, 0.3) is 17.1 Å². The van der Waals surface area contributed by atoms with Crippen molar-refractivity contribution in [2.75, 3.05) is 13.1 Å². The molecule has 1 aliphatic heterocycles. The summed E-state index contributed by atoms with van der Waals surface area (Å²) in [5.41, 5.74) is 1.29. The first-order valence-corrected chi connectivity index (χ1v) is 9.97. The maximum absolute atomic E-state index is 13.0. The van der Waals surface area contributed by atoms with Crippen LogP contribution in [0.3, 0.4) is 0 Å². The first-order chi connectivity index (χ1) is 14.3. The number of imidazole rings is 1. The number of amides is 1. The van der Waals surface area contributed by atoms with Crippen LogP contribution in [-0.2, 0) is 11.0 Å². The normalized spacial score (nSPS) is 15.9. The van der Waals surface area contributed by atoms with E-state index >= 15 is 0 Å². The third-order valence-electron chi connectivity index (χ3n) is 5.32. The van der Waals surface area contributed by atoms with Crippen LogP contribution in [0.1, 0.15) is 35.7 Å². The van der Waals surface area contributed by atoms with Crippen molar-refractivity contribution in [3.05, 3.63) is 70.5 Å². The fraction of sp³-hybridized carbons (Fsp3) is 0.273. The Kier molecular flexibility index (Phi) is 5.56. The van der Waals surface area contributed by atoms with Gasteiger partial charge in [0.2, 0.25) is 5.91 Å². The van der Waals surface area contributed by atoms with Crippen LogP contribution in [0, 0.1) is 0 Å². The number of aromatic amines is 1. The van der Waals surface area contributed by atoms with Gasteiger partial charge in [0.15, 0.2) is 0 Å². The lowest BCUT2D eigenvalue weighted by molar-refractivity contribution is -0.137. The number of benzene rings is 2. The summed E-state index contributed by atoms with van der Waals surface area (Å²) < 4.78 is 38.9. The summed E-state index contributed by atoms with van der Waals surface area (Å²) in [6, 6.07) is 11.4. The molecule has 30 heavy (non-hydrogen) atoms. The molecule has 0 aliphatic carbocycles. The van der Waals surface area contributed by atoms with E-state index in [1.807, 2.05) is 24.3 Å². The second-order valence-corrected chi connectivity index (χ2v) is 7.72. The van der Waals surface area contributed by atoms with Crippen molar-refractivity contribution >= 4 is 34.6 Å². The number of carbonyl (C=O) groups is 1. The number of hydrogen-bond acceptors (Lipinski definition) is 2. The Hall–Kier alpha value is -2.80. The number of halogens is 4. The Labute approximate surface area is 176 Å². The quantitative estimate of drug-likeness (QED) is 0.542.